The monoisotopic (exact) mass is 311 g/mol. The van der Waals surface area contributed by atoms with Crippen LogP contribution in [-0.4, -0.2) is 37.5 Å². The Hall–Kier alpha value is -1.90. The molecule has 0 aliphatic carbocycles. The van der Waals surface area contributed by atoms with Crippen LogP contribution in [0.25, 0.3) is 0 Å². The highest BCUT2D eigenvalue weighted by Crippen LogP contribution is 2.20. The molecule has 0 saturated carbocycles. The third-order valence-corrected chi connectivity index (χ3v) is 3.23. The highest BCUT2D eigenvalue weighted by Gasteiger charge is 2.17. The van der Waals surface area contributed by atoms with Crippen molar-refractivity contribution in [1.82, 2.24) is 25.0 Å². The first kappa shape index (κ1) is 15.5. The zero-order valence-corrected chi connectivity index (χ0v) is 13.0. The summed E-state index contributed by atoms with van der Waals surface area (Å²) in [5.41, 5.74) is 0. The zero-order valence-electron chi connectivity index (χ0n) is 12.1. The molecule has 0 fully saturated rings. The number of hydrogen-bond acceptors (Lipinski definition) is 8. The number of nitrogens with zero attached hydrogens (tertiary/aromatic N) is 5. The lowest BCUT2D eigenvalue weighted by atomic mass is 10.2. The van der Waals surface area contributed by atoms with Crippen LogP contribution < -0.4 is 0 Å². The number of esters is 1. The Kier molecular flexibility index (Phi) is 5.32. The van der Waals surface area contributed by atoms with Crippen LogP contribution in [0.1, 0.15) is 37.3 Å². The third kappa shape index (κ3) is 4.28. The Balaban J connectivity index is 1.94. The van der Waals surface area contributed by atoms with Gasteiger partial charge in [-0.3, -0.25) is 0 Å². The second kappa shape index (κ2) is 7.21. The second-order valence-electron chi connectivity index (χ2n) is 4.63. The zero-order chi connectivity index (χ0) is 15.2. The molecule has 2 aromatic rings. The lowest BCUT2D eigenvalue weighted by molar-refractivity contribution is 0.0475. The van der Waals surface area contributed by atoms with Crippen molar-refractivity contribution in [2.24, 2.45) is 5.92 Å². The van der Waals surface area contributed by atoms with Gasteiger partial charge in [0.25, 0.3) is 5.22 Å². The van der Waals surface area contributed by atoms with E-state index in [4.69, 9.17) is 9.15 Å². The average molecular weight is 311 g/mol. The fourth-order valence-corrected chi connectivity index (χ4v) is 2.28. The van der Waals surface area contributed by atoms with Crippen LogP contribution in [0.4, 0.5) is 0 Å². The van der Waals surface area contributed by atoms with E-state index in [0.29, 0.717) is 16.9 Å². The van der Waals surface area contributed by atoms with Crippen LogP contribution in [0.5, 0.6) is 0 Å². The third-order valence-electron chi connectivity index (χ3n) is 2.42. The summed E-state index contributed by atoms with van der Waals surface area (Å²) < 4.78 is 11.9. The van der Waals surface area contributed by atoms with Gasteiger partial charge in [0, 0.05) is 6.54 Å². The Morgan fingerprint density at radius 2 is 2.29 bits per heavy atom. The van der Waals surface area contributed by atoms with Gasteiger partial charge in [0.2, 0.25) is 0 Å². The van der Waals surface area contributed by atoms with E-state index in [9.17, 15) is 4.79 Å². The molecular formula is C12H17N5O3S. The molecule has 114 valence electrons. The van der Waals surface area contributed by atoms with Crippen LogP contribution in [-0.2, 0) is 17.0 Å². The standard InChI is InChI=1S/C12H17N5O3S/c1-4-19-11(18)10-15-16-12(20-10)21-6-9-13-7-14-17(9)5-8(2)3/h7-8H,4-6H2,1-3H3. The molecule has 0 unspecified atom stereocenters. The quantitative estimate of drug-likeness (QED) is 0.564. The van der Waals surface area contributed by atoms with Gasteiger partial charge in [0.05, 0.1) is 12.4 Å². The van der Waals surface area contributed by atoms with Gasteiger partial charge >= 0.3 is 11.9 Å². The van der Waals surface area contributed by atoms with Gasteiger partial charge in [0.15, 0.2) is 0 Å². The van der Waals surface area contributed by atoms with Crippen molar-refractivity contribution >= 4 is 17.7 Å². The van der Waals surface area contributed by atoms with Crippen molar-refractivity contribution in [2.45, 2.75) is 38.3 Å². The molecule has 8 nitrogen and oxygen atoms in total. The fraction of sp³-hybridized carbons (Fsp3) is 0.583. The molecule has 0 amide bonds. The van der Waals surface area contributed by atoms with E-state index in [1.54, 1.807) is 6.92 Å². The van der Waals surface area contributed by atoms with Crippen molar-refractivity contribution in [2.75, 3.05) is 6.61 Å². The SMILES string of the molecule is CCOC(=O)c1nnc(SCc2ncnn2CC(C)C)o1. The van der Waals surface area contributed by atoms with Gasteiger partial charge in [-0.2, -0.15) is 5.10 Å². The molecule has 0 radical (unpaired) electrons. The van der Waals surface area contributed by atoms with Gasteiger partial charge in [0.1, 0.15) is 12.2 Å². The predicted octanol–water partition coefficient (Wildman–Crippen LogP) is 1.79. The van der Waals surface area contributed by atoms with Crippen molar-refractivity contribution in [3.05, 3.63) is 18.0 Å². The molecular weight excluding hydrogens is 294 g/mol. The Bertz CT molecular complexity index is 595. The minimum Gasteiger partial charge on any atom is -0.459 e. The van der Waals surface area contributed by atoms with E-state index in [0.717, 1.165) is 12.4 Å². The molecule has 0 aromatic carbocycles. The van der Waals surface area contributed by atoms with E-state index in [-0.39, 0.29) is 12.5 Å². The summed E-state index contributed by atoms with van der Waals surface area (Å²) in [5, 5.41) is 11.9. The van der Waals surface area contributed by atoms with Gasteiger partial charge in [-0.15, -0.1) is 5.10 Å². The summed E-state index contributed by atoms with van der Waals surface area (Å²) in [6, 6.07) is 0. The van der Waals surface area contributed by atoms with Gasteiger partial charge in [-0.05, 0) is 12.8 Å². The molecule has 0 bridgehead atoms. The molecule has 2 rings (SSSR count). The number of carbonyl (C=O) groups excluding carboxylic acids is 1. The van der Waals surface area contributed by atoms with Gasteiger partial charge in [-0.1, -0.05) is 30.7 Å². The number of aromatic nitrogens is 5. The molecule has 0 spiro atoms. The molecule has 0 aliphatic heterocycles. The van der Waals surface area contributed by atoms with Crippen LogP contribution >= 0.6 is 11.8 Å². The van der Waals surface area contributed by atoms with Crippen LogP contribution in [0, 0.1) is 5.92 Å². The number of ether oxygens (including phenoxy) is 1. The molecule has 21 heavy (non-hydrogen) atoms. The van der Waals surface area contributed by atoms with E-state index >= 15 is 0 Å². The fourth-order valence-electron chi connectivity index (χ4n) is 1.57. The normalized spacial score (nSPS) is 11.0. The average Bonchev–Trinajstić information content (AvgIpc) is 3.05. The van der Waals surface area contributed by atoms with Crippen molar-refractivity contribution < 1.29 is 13.9 Å². The number of rotatable bonds is 7. The maximum atomic E-state index is 11.4. The molecule has 0 saturated heterocycles. The summed E-state index contributed by atoms with van der Waals surface area (Å²) >= 11 is 1.30. The number of carbonyl (C=O) groups is 1. The predicted molar refractivity (Wildman–Crippen MR) is 74.7 cm³/mol. The first-order chi connectivity index (χ1) is 10.1. The molecule has 0 aliphatic rings. The maximum absolute atomic E-state index is 11.4. The number of thioether (sulfide) groups is 1. The maximum Gasteiger partial charge on any atom is 0.396 e. The van der Waals surface area contributed by atoms with E-state index < -0.39 is 5.97 Å². The van der Waals surface area contributed by atoms with Gasteiger partial charge in [-0.25, -0.2) is 14.5 Å². The minimum atomic E-state index is -0.611. The van der Waals surface area contributed by atoms with Crippen LogP contribution in [0.15, 0.2) is 16.0 Å². The lowest BCUT2D eigenvalue weighted by Gasteiger charge is -2.07. The van der Waals surface area contributed by atoms with Crippen LogP contribution in [0.3, 0.4) is 0 Å². The summed E-state index contributed by atoms with van der Waals surface area (Å²) in [6.45, 7) is 7.01. The Morgan fingerprint density at radius 1 is 1.48 bits per heavy atom. The van der Waals surface area contributed by atoms with Crippen molar-refractivity contribution in [3.8, 4) is 0 Å². The van der Waals surface area contributed by atoms with Crippen molar-refractivity contribution in [3.63, 3.8) is 0 Å². The summed E-state index contributed by atoms with van der Waals surface area (Å²) in [7, 11) is 0. The topological polar surface area (TPSA) is 95.9 Å². The molecule has 0 atom stereocenters. The summed E-state index contributed by atoms with van der Waals surface area (Å²) in [6.07, 6.45) is 1.52. The Labute approximate surface area is 126 Å². The van der Waals surface area contributed by atoms with E-state index in [1.807, 2.05) is 4.68 Å². The molecule has 2 aromatic heterocycles. The van der Waals surface area contributed by atoms with E-state index in [2.05, 4.69) is 34.1 Å². The largest absolute Gasteiger partial charge is 0.459 e. The van der Waals surface area contributed by atoms with Gasteiger partial charge < -0.3 is 9.15 Å². The summed E-state index contributed by atoms with van der Waals surface area (Å²) in [5.74, 6) is 1.10. The minimum absolute atomic E-state index is 0.136. The first-order valence-electron chi connectivity index (χ1n) is 6.60. The molecule has 0 N–H and O–H groups in total. The number of hydrogen-bond donors (Lipinski definition) is 0. The highest BCUT2D eigenvalue weighted by atomic mass is 32.2. The lowest BCUT2D eigenvalue weighted by Crippen LogP contribution is -2.09. The Morgan fingerprint density at radius 3 is 3.00 bits per heavy atom. The second-order valence-corrected chi connectivity index (χ2v) is 5.56. The first-order valence-corrected chi connectivity index (χ1v) is 7.58. The van der Waals surface area contributed by atoms with Crippen molar-refractivity contribution in [1.29, 1.82) is 0 Å². The highest BCUT2D eigenvalue weighted by molar-refractivity contribution is 7.98. The molecule has 2 heterocycles. The summed E-state index contributed by atoms with van der Waals surface area (Å²) in [4.78, 5) is 15.6. The molecule has 9 heteroatoms. The smallest absolute Gasteiger partial charge is 0.396 e. The van der Waals surface area contributed by atoms with Crippen LogP contribution in [0.2, 0.25) is 0 Å². The van der Waals surface area contributed by atoms with E-state index in [1.165, 1.54) is 18.1 Å².